The van der Waals surface area contributed by atoms with Gasteiger partial charge >= 0.3 is 0 Å². The van der Waals surface area contributed by atoms with Crippen molar-refractivity contribution >= 4 is 11.5 Å². The van der Waals surface area contributed by atoms with Gasteiger partial charge in [-0.05, 0) is 43.5 Å². The number of aryl methyl sites for hydroxylation is 1. The quantitative estimate of drug-likeness (QED) is 0.511. The summed E-state index contributed by atoms with van der Waals surface area (Å²) >= 11 is 0. The highest BCUT2D eigenvalue weighted by Crippen LogP contribution is 2.20. The Morgan fingerprint density at radius 3 is 2.71 bits per heavy atom. The minimum atomic E-state index is -0.507. The van der Waals surface area contributed by atoms with Crippen LogP contribution in [0.1, 0.15) is 24.5 Å². The Morgan fingerprint density at radius 2 is 2.00 bits per heavy atom. The number of benzene rings is 2. The van der Waals surface area contributed by atoms with Gasteiger partial charge in [0.25, 0.3) is 0 Å². The van der Waals surface area contributed by atoms with E-state index in [-0.39, 0.29) is 0 Å². The molecule has 0 fully saturated rings. The number of rotatable bonds is 7. The maximum Gasteiger partial charge on any atom is 0.130 e. The van der Waals surface area contributed by atoms with Gasteiger partial charge < -0.3 is 16.2 Å². The minimum Gasteiger partial charge on any atom is -0.388 e. The second-order valence-electron chi connectivity index (χ2n) is 7.31. The van der Waals surface area contributed by atoms with Gasteiger partial charge in [-0.3, -0.25) is 4.90 Å². The number of hydrogen-bond acceptors (Lipinski definition) is 4. The Hall–Kier alpha value is -2.63. The third-order valence-electron chi connectivity index (χ3n) is 5.06. The molecule has 0 saturated carbocycles. The van der Waals surface area contributed by atoms with Crippen molar-refractivity contribution < 1.29 is 5.11 Å². The van der Waals surface area contributed by atoms with E-state index < -0.39 is 6.23 Å². The van der Waals surface area contributed by atoms with Crippen molar-refractivity contribution in [3.8, 4) is 0 Å². The van der Waals surface area contributed by atoms with E-state index in [9.17, 15) is 5.11 Å². The molecule has 0 spiro atoms. The summed E-state index contributed by atoms with van der Waals surface area (Å²) < 4.78 is 0. The molecule has 0 radical (unpaired) electrons. The topological polar surface area (TPSA) is 73.9 Å². The molecule has 0 amide bonds. The average Bonchev–Trinajstić information content (AvgIpc) is 2.69. The highest BCUT2D eigenvalue weighted by Gasteiger charge is 2.23. The molecule has 28 heavy (non-hydrogen) atoms. The zero-order valence-electron chi connectivity index (χ0n) is 16.7. The monoisotopic (exact) mass is 378 g/mol. The van der Waals surface area contributed by atoms with Crippen LogP contribution in [0.3, 0.4) is 0 Å². The Bertz CT molecular complexity index is 843. The first-order chi connectivity index (χ1) is 13.5. The number of nitrogens with one attached hydrogen (secondary N) is 1. The summed E-state index contributed by atoms with van der Waals surface area (Å²) in [5, 5.41) is 13.6. The van der Waals surface area contributed by atoms with Crippen molar-refractivity contribution in [1.82, 2.24) is 10.2 Å². The summed E-state index contributed by atoms with van der Waals surface area (Å²) in [6, 6.07) is 18.4. The molecule has 1 atom stereocenters. The lowest BCUT2D eigenvalue weighted by Gasteiger charge is -2.33. The summed E-state index contributed by atoms with van der Waals surface area (Å²) in [5.41, 5.74) is 11.8. The zero-order valence-corrected chi connectivity index (χ0v) is 16.7. The van der Waals surface area contributed by atoms with Crippen molar-refractivity contribution in [2.45, 2.75) is 32.9 Å². The number of aliphatic hydroxyl groups excluding tert-OH is 1. The van der Waals surface area contributed by atoms with Crippen LogP contribution in [-0.2, 0) is 6.42 Å². The number of nitrogens with zero attached hydrogens (tertiary/aromatic N) is 2. The van der Waals surface area contributed by atoms with Crippen LogP contribution < -0.4 is 11.1 Å². The van der Waals surface area contributed by atoms with E-state index in [4.69, 9.17) is 5.73 Å². The predicted molar refractivity (Wildman–Crippen MR) is 116 cm³/mol. The maximum atomic E-state index is 10.0. The van der Waals surface area contributed by atoms with Crippen LogP contribution in [0.5, 0.6) is 0 Å². The lowest BCUT2D eigenvalue weighted by Crippen LogP contribution is -2.43. The van der Waals surface area contributed by atoms with Gasteiger partial charge in [-0.1, -0.05) is 42.5 Å². The molecule has 0 saturated heterocycles. The average molecular weight is 379 g/mol. The molecule has 1 heterocycles. The van der Waals surface area contributed by atoms with Crippen LogP contribution in [0, 0.1) is 6.92 Å². The molecule has 1 aliphatic heterocycles. The molecule has 0 aliphatic carbocycles. The summed E-state index contributed by atoms with van der Waals surface area (Å²) in [7, 11) is 0. The van der Waals surface area contributed by atoms with Crippen LogP contribution >= 0.6 is 0 Å². The van der Waals surface area contributed by atoms with Crippen molar-refractivity contribution in [3.05, 3.63) is 77.0 Å². The van der Waals surface area contributed by atoms with Crippen molar-refractivity contribution in [1.29, 1.82) is 0 Å². The fourth-order valence-electron chi connectivity index (χ4n) is 3.44. The van der Waals surface area contributed by atoms with Crippen molar-refractivity contribution in [2.75, 3.05) is 19.6 Å². The molecule has 5 heteroatoms. The molecule has 2 aromatic carbocycles. The smallest absolute Gasteiger partial charge is 0.130 e. The highest BCUT2D eigenvalue weighted by molar-refractivity contribution is 5.99. The van der Waals surface area contributed by atoms with Crippen LogP contribution in [0.15, 0.2) is 70.9 Å². The SMILES string of the molecule is Cc1cccc(N=C(N)C2=C(NCCc3ccccc3)CCN(C(C)O)C2)c1. The van der Waals surface area contributed by atoms with Gasteiger partial charge in [0, 0.05) is 37.3 Å². The molecule has 1 unspecified atom stereocenters. The fourth-order valence-corrected chi connectivity index (χ4v) is 3.44. The maximum absolute atomic E-state index is 10.0. The molecule has 0 bridgehead atoms. The summed E-state index contributed by atoms with van der Waals surface area (Å²) in [4.78, 5) is 6.65. The fraction of sp³-hybridized carbons (Fsp3) is 0.348. The molecule has 1 aliphatic rings. The van der Waals surface area contributed by atoms with Gasteiger partial charge in [-0.15, -0.1) is 0 Å². The van der Waals surface area contributed by atoms with Gasteiger partial charge in [0.15, 0.2) is 0 Å². The molecule has 3 rings (SSSR count). The van der Waals surface area contributed by atoms with E-state index in [2.05, 4.69) is 34.6 Å². The summed E-state index contributed by atoms with van der Waals surface area (Å²) in [5.74, 6) is 0.512. The molecular weight excluding hydrogens is 348 g/mol. The van der Waals surface area contributed by atoms with Gasteiger partial charge in [-0.2, -0.15) is 0 Å². The Kier molecular flexibility index (Phi) is 6.85. The number of aliphatic imine (C=N–C) groups is 1. The third-order valence-corrected chi connectivity index (χ3v) is 5.06. The first-order valence-electron chi connectivity index (χ1n) is 9.86. The molecule has 5 nitrogen and oxygen atoms in total. The van der Waals surface area contributed by atoms with Gasteiger partial charge in [0.1, 0.15) is 12.1 Å². The molecule has 0 aromatic heterocycles. The number of amidine groups is 1. The van der Waals surface area contributed by atoms with Crippen LogP contribution in [0.2, 0.25) is 0 Å². The van der Waals surface area contributed by atoms with E-state index >= 15 is 0 Å². The van der Waals surface area contributed by atoms with E-state index in [1.165, 1.54) is 5.56 Å². The highest BCUT2D eigenvalue weighted by atomic mass is 16.3. The number of aliphatic hydroxyl groups is 1. The van der Waals surface area contributed by atoms with Crippen LogP contribution in [0.4, 0.5) is 5.69 Å². The molecule has 4 N–H and O–H groups in total. The minimum absolute atomic E-state index is 0.507. The Balaban J connectivity index is 1.79. The predicted octanol–water partition coefficient (Wildman–Crippen LogP) is 3.11. The molecule has 148 valence electrons. The first-order valence-corrected chi connectivity index (χ1v) is 9.86. The van der Waals surface area contributed by atoms with E-state index in [0.29, 0.717) is 12.4 Å². The van der Waals surface area contributed by atoms with Gasteiger partial charge in [0.05, 0.1) is 5.69 Å². The second-order valence-corrected chi connectivity index (χ2v) is 7.31. The van der Waals surface area contributed by atoms with Crippen molar-refractivity contribution in [3.63, 3.8) is 0 Å². The van der Waals surface area contributed by atoms with Crippen molar-refractivity contribution in [2.24, 2.45) is 10.7 Å². The summed E-state index contributed by atoms with van der Waals surface area (Å²) in [6.07, 6.45) is 1.26. The van der Waals surface area contributed by atoms with E-state index in [1.807, 2.05) is 42.2 Å². The lowest BCUT2D eigenvalue weighted by molar-refractivity contribution is 0.0231. The lowest BCUT2D eigenvalue weighted by atomic mass is 10.0. The standard InChI is InChI=1S/C23H30N4O/c1-17-7-6-10-20(15-17)26-23(24)21-16-27(18(2)28)14-12-22(21)25-13-11-19-8-4-3-5-9-19/h3-10,15,18,25,28H,11-14,16H2,1-2H3,(H2,24,26). The normalized spacial score (nSPS) is 16.9. The molecule has 2 aromatic rings. The Morgan fingerprint density at radius 1 is 1.21 bits per heavy atom. The summed E-state index contributed by atoms with van der Waals surface area (Å²) in [6.45, 7) is 6.06. The van der Waals surface area contributed by atoms with Crippen LogP contribution in [0.25, 0.3) is 0 Å². The van der Waals surface area contributed by atoms with Gasteiger partial charge in [-0.25, -0.2) is 4.99 Å². The third kappa shape index (κ3) is 5.44. The molecular formula is C23H30N4O. The van der Waals surface area contributed by atoms with E-state index in [0.717, 1.165) is 48.5 Å². The first kappa shape index (κ1) is 20.1. The Labute approximate surface area is 167 Å². The second kappa shape index (κ2) is 9.53. The largest absolute Gasteiger partial charge is 0.388 e. The number of hydrogen-bond donors (Lipinski definition) is 3. The van der Waals surface area contributed by atoms with E-state index in [1.54, 1.807) is 6.92 Å². The number of nitrogens with two attached hydrogens (primary N) is 1. The van der Waals surface area contributed by atoms with Gasteiger partial charge in [0.2, 0.25) is 0 Å². The zero-order chi connectivity index (χ0) is 19.9. The van der Waals surface area contributed by atoms with Crippen LogP contribution in [-0.4, -0.2) is 41.7 Å².